The molecule has 0 spiro atoms. The lowest BCUT2D eigenvalue weighted by atomic mass is 10.1. The van der Waals surface area contributed by atoms with Crippen molar-refractivity contribution in [2.24, 2.45) is 5.16 Å². The van der Waals surface area contributed by atoms with Crippen molar-refractivity contribution < 1.29 is 9.88 Å². The van der Waals surface area contributed by atoms with E-state index in [2.05, 4.69) is 15.0 Å². The monoisotopic (exact) mass is 149 g/mol. The molecule has 0 bridgehead atoms. The number of benzene rings is 1. The van der Waals surface area contributed by atoms with Crippen molar-refractivity contribution in [1.82, 2.24) is 0 Å². The first-order valence-electron chi connectivity index (χ1n) is 3.38. The van der Waals surface area contributed by atoms with E-state index in [4.69, 9.17) is 0 Å². The van der Waals surface area contributed by atoms with Crippen molar-refractivity contribution in [1.29, 1.82) is 0 Å². The molecule has 0 saturated carbocycles. The van der Waals surface area contributed by atoms with Gasteiger partial charge in [0.05, 0.1) is 0 Å². The molecule has 0 aliphatic carbocycles. The topological polar surface area (TPSA) is 30.8 Å². The Morgan fingerprint density at radius 3 is 2.64 bits per heavy atom. The van der Waals surface area contributed by atoms with E-state index in [1.807, 2.05) is 30.3 Å². The first-order valence-corrected chi connectivity index (χ1v) is 3.38. The van der Waals surface area contributed by atoms with E-state index in [-0.39, 0.29) is 0 Å². The predicted octanol–water partition coefficient (Wildman–Crippen LogP) is 1.35. The molecule has 1 aliphatic heterocycles. The molecule has 1 aromatic carbocycles. The fourth-order valence-corrected chi connectivity index (χ4v) is 0.946. The van der Waals surface area contributed by atoms with Gasteiger partial charge in [0.1, 0.15) is 12.3 Å². The van der Waals surface area contributed by atoms with Crippen LogP contribution in [-0.4, -0.2) is 12.3 Å². The molecule has 0 atom stereocenters. The molecule has 56 valence electrons. The van der Waals surface area contributed by atoms with Crippen LogP contribution in [0.5, 0.6) is 0 Å². The molecule has 1 aromatic rings. The summed E-state index contributed by atoms with van der Waals surface area (Å²) in [5.74, 6) is 0. The summed E-state index contributed by atoms with van der Waals surface area (Å²) in [5.41, 5.74) is 1.88. The normalized spacial score (nSPS) is 15.8. The molecule has 1 heterocycles. The summed E-state index contributed by atoms with van der Waals surface area (Å²) < 4.78 is 0. The molecule has 3 nitrogen and oxygen atoms in total. The third-order valence-electron chi connectivity index (χ3n) is 1.50. The van der Waals surface area contributed by atoms with Crippen LogP contribution in [0.25, 0.3) is 0 Å². The fraction of sp³-hybridized carbons (Fsp3) is 0.125. The van der Waals surface area contributed by atoms with Crippen LogP contribution in [0.3, 0.4) is 0 Å². The van der Waals surface area contributed by atoms with E-state index in [0.29, 0.717) is 6.61 Å². The minimum absolute atomic E-state index is 0.435. The standard InChI is InChI=1S/C8H7NO2/c1-2-4-7(5-3-1)8-6-10-11-9-8/h1-5H,6H2. The number of rotatable bonds is 1. The van der Waals surface area contributed by atoms with Gasteiger partial charge in [-0.1, -0.05) is 30.3 Å². The Kier molecular flexibility index (Phi) is 1.57. The van der Waals surface area contributed by atoms with Crippen molar-refractivity contribution in [2.75, 3.05) is 6.61 Å². The van der Waals surface area contributed by atoms with Gasteiger partial charge in [-0.05, 0) is 5.16 Å². The second-order valence-electron chi connectivity index (χ2n) is 2.24. The average molecular weight is 149 g/mol. The van der Waals surface area contributed by atoms with Crippen LogP contribution >= 0.6 is 0 Å². The van der Waals surface area contributed by atoms with Gasteiger partial charge in [-0.3, -0.25) is 0 Å². The van der Waals surface area contributed by atoms with E-state index in [1.54, 1.807) is 0 Å². The maximum absolute atomic E-state index is 4.61. The lowest BCUT2D eigenvalue weighted by Gasteiger charge is -1.92. The molecule has 0 fully saturated rings. The van der Waals surface area contributed by atoms with Gasteiger partial charge in [-0.25, -0.2) is 4.99 Å². The molecule has 0 radical (unpaired) electrons. The summed E-state index contributed by atoms with van der Waals surface area (Å²) >= 11 is 0. The van der Waals surface area contributed by atoms with E-state index in [0.717, 1.165) is 11.3 Å². The highest BCUT2D eigenvalue weighted by Crippen LogP contribution is 2.06. The van der Waals surface area contributed by atoms with Crippen molar-refractivity contribution in [3.63, 3.8) is 0 Å². The zero-order valence-electron chi connectivity index (χ0n) is 5.86. The number of hydrogen-bond donors (Lipinski definition) is 0. The third-order valence-corrected chi connectivity index (χ3v) is 1.50. The van der Waals surface area contributed by atoms with Gasteiger partial charge in [0.2, 0.25) is 0 Å². The van der Waals surface area contributed by atoms with Crippen molar-refractivity contribution in [3.05, 3.63) is 35.9 Å². The lowest BCUT2D eigenvalue weighted by molar-refractivity contribution is -0.266. The Balaban J connectivity index is 2.29. The van der Waals surface area contributed by atoms with Crippen LogP contribution in [-0.2, 0) is 9.88 Å². The predicted molar refractivity (Wildman–Crippen MR) is 40.0 cm³/mol. The van der Waals surface area contributed by atoms with Gasteiger partial charge in [-0.15, -0.1) is 0 Å². The maximum atomic E-state index is 4.61. The van der Waals surface area contributed by atoms with E-state index < -0.39 is 0 Å². The lowest BCUT2D eigenvalue weighted by Crippen LogP contribution is -2.01. The molecule has 0 amide bonds. The average Bonchev–Trinajstić information content (AvgIpc) is 2.58. The highest BCUT2D eigenvalue weighted by molar-refractivity contribution is 6.01. The molecule has 2 rings (SSSR count). The van der Waals surface area contributed by atoms with Crippen LogP contribution < -0.4 is 0 Å². The fourth-order valence-electron chi connectivity index (χ4n) is 0.946. The molecular formula is C8H7NO2. The SMILES string of the molecule is c1ccc(C2=NOOC2)cc1. The molecule has 0 aromatic heterocycles. The zero-order valence-corrected chi connectivity index (χ0v) is 5.86. The van der Waals surface area contributed by atoms with Gasteiger partial charge >= 0.3 is 0 Å². The molecule has 1 aliphatic rings. The van der Waals surface area contributed by atoms with Crippen LogP contribution in [0.4, 0.5) is 0 Å². The second-order valence-corrected chi connectivity index (χ2v) is 2.24. The molecule has 0 unspecified atom stereocenters. The highest BCUT2D eigenvalue weighted by Gasteiger charge is 2.10. The second kappa shape index (κ2) is 2.72. The number of hydrogen-bond acceptors (Lipinski definition) is 3. The Labute approximate surface area is 64.2 Å². The molecule has 0 N–H and O–H groups in total. The molecule has 11 heavy (non-hydrogen) atoms. The van der Waals surface area contributed by atoms with Crippen LogP contribution in [0.15, 0.2) is 35.5 Å². The van der Waals surface area contributed by atoms with Gasteiger partial charge in [0.15, 0.2) is 0 Å². The molecule has 3 heteroatoms. The summed E-state index contributed by atoms with van der Waals surface area (Å²) in [5, 5.41) is 3.70. The Morgan fingerprint density at radius 1 is 1.18 bits per heavy atom. The minimum Gasteiger partial charge on any atom is -0.220 e. The minimum atomic E-state index is 0.435. The summed E-state index contributed by atoms with van der Waals surface area (Å²) in [7, 11) is 0. The Morgan fingerprint density at radius 2 is 2.00 bits per heavy atom. The summed E-state index contributed by atoms with van der Waals surface area (Å²) in [6.07, 6.45) is 0. The quantitative estimate of drug-likeness (QED) is 0.564. The summed E-state index contributed by atoms with van der Waals surface area (Å²) in [4.78, 5) is 9.01. The van der Waals surface area contributed by atoms with E-state index in [9.17, 15) is 0 Å². The smallest absolute Gasteiger partial charge is 0.143 e. The first-order chi connectivity index (χ1) is 5.47. The molecule has 0 saturated heterocycles. The first kappa shape index (κ1) is 6.37. The van der Waals surface area contributed by atoms with Crippen molar-refractivity contribution >= 4 is 5.71 Å². The van der Waals surface area contributed by atoms with Gasteiger partial charge in [-0.2, -0.15) is 4.89 Å². The van der Waals surface area contributed by atoms with Crippen molar-refractivity contribution in [3.8, 4) is 0 Å². The Bertz CT molecular complexity index is 269. The summed E-state index contributed by atoms with van der Waals surface area (Å²) in [6.45, 7) is 0.435. The van der Waals surface area contributed by atoms with Crippen LogP contribution in [0, 0.1) is 0 Å². The van der Waals surface area contributed by atoms with E-state index >= 15 is 0 Å². The molecular weight excluding hydrogens is 142 g/mol. The van der Waals surface area contributed by atoms with E-state index in [1.165, 1.54) is 0 Å². The summed E-state index contributed by atoms with van der Waals surface area (Å²) in [6, 6.07) is 9.81. The largest absolute Gasteiger partial charge is 0.220 e. The number of oxime groups is 1. The number of nitrogens with zero attached hydrogens (tertiary/aromatic N) is 1. The van der Waals surface area contributed by atoms with Crippen LogP contribution in [0.1, 0.15) is 5.56 Å². The third kappa shape index (κ3) is 1.23. The maximum Gasteiger partial charge on any atom is 0.143 e. The van der Waals surface area contributed by atoms with Crippen LogP contribution in [0.2, 0.25) is 0 Å². The van der Waals surface area contributed by atoms with Gasteiger partial charge < -0.3 is 0 Å². The van der Waals surface area contributed by atoms with Gasteiger partial charge in [0, 0.05) is 5.56 Å². The zero-order chi connectivity index (χ0) is 7.52. The Hall–Kier alpha value is -1.35. The van der Waals surface area contributed by atoms with Gasteiger partial charge in [0.25, 0.3) is 0 Å². The highest BCUT2D eigenvalue weighted by atomic mass is 17.3. The van der Waals surface area contributed by atoms with Crippen molar-refractivity contribution in [2.45, 2.75) is 0 Å².